The van der Waals surface area contributed by atoms with Crippen LogP contribution in [0.2, 0.25) is 0 Å². The summed E-state index contributed by atoms with van der Waals surface area (Å²) in [7, 11) is 3.76. The summed E-state index contributed by atoms with van der Waals surface area (Å²) >= 11 is 3.66. The van der Waals surface area contributed by atoms with Gasteiger partial charge in [-0.3, -0.25) is 0 Å². The van der Waals surface area contributed by atoms with Gasteiger partial charge in [-0.2, -0.15) is 0 Å². The third kappa shape index (κ3) is 2.59. The van der Waals surface area contributed by atoms with Gasteiger partial charge in [0, 0.05) is 19.8 Å². The topological polar surface area (TPSA) is 21.3 Å². The van der Waals surface area contributed by atoms with E-state index in [-0.39, 0.29) is 6.04 Å². The van der Waals surface area contributed by atoms with Crippen LogP contribution in [0.5, 0.6) is 5.75 Å². The third-order valence-electron chi connectivity index (χ3n) is 3.73. The summed E-state index contributed by atoms with van der Waals surface area (Å²) in [5.74, 6) is 0.962. The molecular formula is C17H19NOS2. The summed E-state index contributed by atoms with van der Waals surface area (Å²) in [6.45, 7) is 4.26. The van der Waals surface area contributed by atoms with Crippen LogP contribution in [-0.2, 0) is 0 Å². The monoisotopic (exact) mass is 317 g/mol. The predicted molar refractivity (Wildman–Crippen MR) is 93.1 cm³/mol. The maximum absolute atomic E-state index is 5.63. The number of fused-ring (bicyclic) bond motifs is 1. The van der Waals surface area contributed by atoms with Crippen LogP contribution in [0.4, 0.5) is 0 Å². The van der Waals surface area contributed by atoms with Crippen LogP contribution < -0.4 is 10.1 Å². The van der Waals surface area contributed by atoms with Gasteiger partial charge < -0.3 is 10.1 Å². The van der Waals surface area contributed by atoms with E-state index in [4.69, 9.17) is 4.74 Å². The summed E-state index contributed by atoms with van der Waals surface area (Å²) in [4.78, 5) is 1.34. The lowest BCUT2D eigenvalue weighted by Gasteiger charge is -2.21. The summed E-state index contributed by atoms with van der Waals surface area (Å²) in [6.07, 6.45) is 0. The Kier molecular flexibility index (Phi) is 4.02. The van der Waals surface area contributed by atoms with E-state index >= 15 is 0 Å². The zero-order chi connectivity index (χ0) is 15.0. The van der Waals surface area contributed by atoms with E-state index < -0.39 is 0 Å². The molecule has 0 saturated heterocycles. The second-order valence-electron chi connectivity index (χ2n) is 5.22. The third-order valence-corrected chi connectivity index (χ3v) is 5.89. The quantitative estimate of drug-likeness (QED) is 0.739. The van der Waals surface area contributed by atoms with Crippen molar-refractivity contribution < 1.29 is 4.74 Å². The number of benzene rings is 1. The molecule has 0 radical (unpaired) electrons. The standard InChI is InChI=1S/C17H19NOS2/c1-10-7-11(2)16(12(8-10)19-4)17(18-3)15-9-14-13(21-15)5-6-20-14/h5-9,17-18H,1-4H3. The SMILES string of the molecule is CNC(c1cc2sccc2s1)c1c(C)cc(C)cc1OC. The Morgan fingerprint density at radius 2 is 1.95 bits per heavy atom. The molecule has 1 unspecified atom stereocenters. The summed E-state index contributed by atoms with van der Waals surface area (Å²) in [6, 6.07) is 9.00. The lowest BCUT2D eigenvalue weighted by atomic mass is 9.97. The van der Waals surface area contributed by atoms with Crippen LogP contribution in [0, 0.1) is 13.8 Å². The number of methoxy groups -OCH3 is 1. The molecule has 1 N–H and O–H groups in total. The minimum Gasteiger partial charge on any atom is -0.496 e. The number of ether oxygens (including phenoxy) is 1. The van der Waals surface area contributed by atoms with Crippen molar-refractivity contribution in [1.29, 1.82) is 0 Å². The Morgan fingerprint density at radius 3 is 2.62 bits per heavy atom. The van der Waals surface area contributed by atoms with Gasteiger partial charge in [-0.15, -0.1) is 22.7 Å². The summed E-state index contributed by atoms with van der Waals surface area (Å²) in [5.41, 5.74) is 3.73. The van der Waals surface area contributed by atoms with Gasteiger partial charge in [0.2, 0.25) is 0 Å². The molecule has 0 aliphatic heterocycles. The molecule has 2 heterocycles. The van der Waals surface area contributed by atoms with E-state index in [1.807, 2.05) is 18.4 Å². The zero-order valence-electron chi connectivity index (χ0n) is 12.7. The van der Waals surface area contributed by atoms with Gasteiger partial charge in [-0.05, 0) is 55.6 Å². The van der Waals surface area contributed by atoms with E-state index in [1.165, 1.54) is 31.0 Å². The molecule has 0 aliphatic carbocycles. The highest BCUT2D eigenvalue weighted by molar-refractivity contribution is 7.27. The second kappa shape index (κ2) is 5.79. The van der Waals surface area contributed by atoms with Crippen LogP contribution in [0.25, 0.3) is 9.40 Å². The number of thiophene rings is 2. The van der Waals surface area contributed by atoms with Crippen LogP contribution in [0.1, 0.15) is 27.6 Å². The Bertz CT molecular complexity index is 744. The highest BCUT2D eigenvalue weighted by Crippen LogP contribution is 2.39. The minimum atomic E-state index is 0.171. The van der Waals surface area contributed by atoms with Gasteiger partial charge in [0.25, 0.3) is 0 Å². The van der Waals surface area contributed by atoms with Gasteiger partial charge >= 0.3 is 0 Å². The maximum atomic E-state index is 5.63. The molecule has 0 fully saturated rings. The first-order valence-corrected chi connectivity index (χ1v) is 8.63. The van der Waals surface area contributed by atoms with Crippen molar-refractivity contribution in [3.05, 3.63) is 51.2 Å². The van der Waals surface area contributed by atoms with Crippen molar-refractivity contribution >= 4 is 32.1 Å². The summed E-state index contributed by atoms with van der Waals surface area (Å²) < 4.78 is 8.35. The molecular weight excluding hydrogens is 298 g/mol. The largest absolute Gasteiger partial charge is 0.496 e. The number of nitrogens with one attached hydrogen (secondary N) is 1. The molecule has 3 rings (SSSR count). The Labute approximate surface area is 133 Å². The van der Waals surface area contributed by atoms with Crippen LogP contribution in [0.15, 0.2) is 29.6 Å². The molecule has 3 aromatic rings. The normalized spacial score (nSPS) is 12.8. The molecule has 0 spiro atoms. The average Bonchev–Trinajstić information content (AvgIpc) is 3.02. The zero-order valence-corrected chi connectivity index (χ0v) is 14.3. The molecule has 1 aromatic carbocycles. The first-order valence-electron chi connectivity index (χ1n) is 6.93. The molecule has 21 heavy (non-hydrogen) atoms. The first kappa shape index (κ1) is 14.6. The van der Waals surface area contributed by atoms with Gasteiger partial charge in [-0.25, -0.2) is 0 Å². The fraction of sp³-hybridized carbons (Fsp3) is 0.294. The first-order chi connectivity index (χ1) is 10.1. The van der Waals surface area contributed by atoms with E-state index in [2.05, 4.69) is 48.8 Å². The van der Waals surface area contributed by atoms with Gasteiger partial charge in [0.1, 0.15) is 5.75 Å². The van der Waals surface area contributed by atoms with Gasteiger partial charge in [0.05, 0.1) is 13.2 Å². The van der Waals surface area contributed by atoms with Crippen molar-refractivity contribution in [3.63, 3.8) is 0 Å². The highest BCUT2D eigenvalue weighted by Gasteiger charge is 2.21. The number of rotatable bonds is 4. The minimum absolute atomic E-state index is 0.171. The molecule has 0 bridgehead atoms. The molecule has 1 atom stereocenters. The molecule has 4 heteroatoms. The molecule has 0 aliphatic rings. The van der Waals surface area contributed by atoms with E-state index in [0.717, 1.165) is 5.75 Å². The molecule has 0 saturated carbocycles. The number of hydrogen-bond acceptors (Lipinski definition) is 4. The molecule has 2 aromatic heterocycles. The van der Waals surface area contributed by atoms with Crippen LogP contribution in [-0.4, -0.2) is 14.2 Å². The van der Waals surface area contributed by atoms with Crippen LogP contribution >= 0.6 is 22.7 Å². The average molecular weight is 317 g/mol. The Morgan fingerprint density at radius 1 is 1.14 bits per heavy atom. The van der Waals surface area contributed by atoms with Gasteiger partial charge in [-0.1, -0.05) is 6.07 Å². The Balaban J connectivity index is 2.13. The van der Waals surface area contributed by atoms with Crippen LogP contribution in [0.3, 0.4) is 0 Å². The van der Waals surface area contributed by atoms with E-state index in [9.17, 15) is 0 Å². The van der Waals surface area contributed by atoms with Crippen molar-refractivity contribution in [2.45, 2.75) is 19.9 Å². The fourth-order valence-corrected chi connectivity index (χ4v) is 5.07. The van der Waals surface area contributed by atoms with Crippen molar-refractivity contribution in [2.75, 3.05) is 14.2 Å². The number of aryl methyl sites for hydroxylation is 2. The Hall–Kier alpha value is -1.36. The molecule has 0 amide bonds. The molecule has 2 nitrogen and oxygen atoms in total. The maximum Gasteiger partial charge on any atom is 0.124 e. The lowest BCUT2D eigenvalue weighted by molar-refractivity contribution is 0.405. The van der Waals surface area contributed by atoms with Crippen molar-refractivity contribution in [2.24, 2.45) is 0 Å². The fourth-order valence-electron chi connectivity index (χ4n) is 2.83. The molecule has 110 valence electrons. The van der Waals surface area contributed by atoms with E-state index in [1.54, 1.807) is 18.4 Å². The van der Waals surface area contributed by atoms with E-state index in [0.29, 0.717) is 0 Å². The smallest absolute Gasteiger partial charge is 0.124 e. The summed E-state index contributed by atoms with van der Waals surface area (Å²) in [5, 5.41) is 5.61. The van der Waals surface area contributed by atoms with Gasteiger partial charge in [0.15, 0.2) is 0 Å². The highest BCUT2D eigenvalue weighted by atomic mass is 32.1. The second-order valence-corrected chi connectivity index (χ2v) is 7.28. The predicted octanol–water partition coefficient (Wildman–Crippen LogP) is 4.90. The lowest BCUT2D eigenvalue weighted by Crippen LogP contribution is -2.18. The van der Waals surface area contributed by atoms with Crippen molar-refractivity contribution in [3.8, 4) is 5.75 Å². The number of hydrogen-bond donors (Lipinski definition) is 1. The van der Waals surface area contributed by atoms with Crippen molar-refractivity contribution in [1.82, 2.24) is 5.32 Å².